The molecule has 26 heavy (non-hydrogen) atoms. The lowest BCUT2D eigenvalue weighted by Gasteiger charge is -2.35. The van der Waals surface area contributed by atoms with E-state index in [9.17, 15) is 9.59 Å². The summed E-state index contributed by atoms with van der Waals surface area (Å²) in [7, 11) is 0. The van der Waals surface area contributed by atoms with Crippen molar-refractivity contribution in [2.24, 2.45) is 0 Å². The van der Waals surface area contributed by atoms with Gasteiger partial charge in [0.1, 0.15) is 5.76 Å². The molecule has 0 aliphatic carbocycles. The number of likely N-dealkylation sites (tertiary alicyclic amines) is 1. The Morgan fingerprint density at radius 3 is 3.00 bits per heavy atom. The Labute approximate surface area is 157 Å². The number of aromatic nitrogens is 1. The fourth-order valence-corrected chi connectivity index (χ4v) is 3.91. The molecule has 0 saturated carbocycles. The van der Waals surface area contributed by atoms with Crippen molar-refractivity contribution in [3.05, 3.63) is 29.0 Å². The van der Waals surface area contributed by atoms with Gasteiger partial charge >= 0.3 is 5.97 Å². The van der Waals surface area contributed by atoms with Gasteiger partial charge in [0.15, 0.2) is 6.61 Å². The molecule has 0 N–H and O–H groups in total. The number of carbonyl (C=O) groups excluding carboxylic acids is 2. The molecule has 3 rings (SSSR count). The van der Waals surface area contributed by atoms with Crippen molar-refractivity contribution in [3.8, 4) is 10.8 Å². The van der Waals surface area contributed by atoms with Gasteiger partial charge in [0.2, 0.25) is 5.89 Å². The van der Waals surface area contributed by atoms with Gasteiger partial charge in [-0.3, -0.25) is 9.59 Å². The van der Waals surface area contributed by atoms with E-state index in [0.29, 0.717) is 17.3 Å². The van der Waals surface area contributed by atoms with E-state index < -0.39 is 5.97 Å². The number of ether oxygens (including phenoxy) is 1. The molecule has 140 valence electrons. The molecular weight excluding hydrogens is 352 g/mol. The molecule has 0 spiro atoms. The molecule has 1 aliphatic heterocycles. The number of hydrogen-bond donors (Lipinski definition) is 0. The number of rotatable bonds is 6. The molecule has 2 aromatic heterocycles. The van der Waals surface area contributed by atoms with Gasteiger partial charge in [-0.05, 0) is 44.1 Å². The van der Waals surface area contributed by atoms with Crippen molar-refractivity contribution in [1.82, 2.24) is 9.88 Å². The summed E-state index contributed by atoms with van der Waals surface area (Å²) < 4.78 is 10.8. The first-order valence-electron chi connectivity index (χ1n) is 9.03. The minimum Gasteiger partial charge on any atom is -0.455 e. The number of oxazole rings is 1. The number of nitrogens with zero attached hydrogens (tertiary/aromatic N) is 2. The third-order valence-corrected chi connectivity index (χ3v) is 5.57. The van der Waals surface area contributed by atoms with Crippen LogP contribution in [-0.4, -0.2) is 41.0 Å². The van der Waals surface area contributed by atoms with Crippen LogP contribution in [0.2, 0.25) is 0 Å². The molecule has 2 aromatic rings. The van der Waals surface area contributed by atoms with Crippen LogP contribution in [0.4, 0.5) is 0 Å². The van der Waals surface area contributed by atoms with E-state index in [1.165, 1.54) is 11.3 Å². The zero-order valence-electron chi connectivity index (χ0n) is 15.2. The van der Waals surface area contributed by atoms with Crippen LogP contribution in [0, 0.1) is 6.92 Å². The van der Waals surface area contributed by atoms with E-state index in [1.807, 2.05) is 22.4 Å². The Morgan fingerprint density at radius 2 is 2.27 bits per heavy atom. The zero-order chi connectivity index (χ0) is 18.5. The highest BCUT2D eigenvalue weighted by Gasteiger charge is 2.26. The lowest BCUT2D eigenvalue weighted by Crippen LogP contribution is -2.45. The molecule has 1 unspecified atom stereocenters. The van der Waals surface area contributed by atoms with Crippen LogP contribution in [-0.2, 0) is 20.7 Å². The largest absolute Gasteiger partial charge is 0.455 e. The molecule has 3 heterocycles. The van der Waals surface area contributed by atoms with E-state index in [4.69, 9.17) is 9.15 Å². The van der Waals surface area contributed by atoms with Crippen molar-refractivity contribution < 1.29 is 18.7 Å². The molecular formula is C19H24N2O4S. The van der Waals surface area contributed by atoms with Gasteiger partial charge in [0.05, 0.1) is 17.0 Å². The maximum absolute atomic E-state index is 12.4. The SMILES string of the molecule is CCC1CCCCN1C(=O)COC(=O)Cc1nc(-c2cccs2)oc1C. The lowest BCUT2D eigenvalue weighted by molar-refractivity contribution is -0.153. The first-order chi connectivity index (χ1) is 12.6. The highest BCUT2D eigenvalue weighted by Crippen LogP contribution is 2.26. The van der Waals surface area contributed by atoms with E-state index >= 15 is 0 Å². The highest BCUT2D eigenvalue weighted by atomic mass is 32.1. The van der Waals surface area contributed by atoms with Crippen molar-refractivity contribution in [2.75, 3.05) is 13.2 Å². The highest BCUT2D eigenvalue weighted by molar-refractivity contribution is 7.13. The number of thiophene rings is 1. The van der Waals surface area contributed by atoms with Crippen molar-refractivity contribution in [2.45, 2.75) is 52.0 Å². The zero-order valence-corrected chi connectivity index (χ0v) is 16.0. The fraction of sp³-hybridized carbons (Fsp3) is 0.526. The average Bonchev–Trinajstić information content (AvgIpc) is 3.30. The Balaban J connectivity index is 1.53. The summed E-state index contributed by atoms with van der Waals surface area (Å²) in [5.74, 6) is 0.535. The second kappa shape index (κ2) is 8.49. The lowest BCUT2D eigenvalue weighted by atomic mass is 10.00. The predicted molar refractivity (Wildman–Crippen MR) is 98.9 cm³/mol. The molecule has 7 heteroatoms. The number of amides is 1. The van der Waals surface area contributed by atoms with Crippen LogP contribution in [0.5, 0.6) is 0 Å². The topological polar surface area (TPSA) is 72.6 Å². The van der Waals surface area contributed by atoms with Crippen LogP contribution >= 0.6 is 11.3 Å². The molecule has 0 radical (unpaired) electrons. The van der Waals surface area contributed by atoms with Gasteiger partial charge in [0.25, 0.3) is 5.91 Å². The summed E-state index contributed by atoms with van der Waals surface area (Å²) in [5.41, 5.74) is 0.551. The number of piperidine rings is 1. The van der Waals surface area contributed by atoms with Gasteiger partial charge in [0, 0.05) is 12.6 Å². The third-order valence-electron chi connectivity index (χ3n) is 4.71. The van der Waals surface area contributed by atoms with E-state index in [2.05, 4.69) is 11.9 Å². The number of carbonyl (C=O) groups is 2. The summed E-state index contributed by atoms with van der Waals surface area (Å²) in [5, 5.41) is 1.94. The number of aryl methyl sites for hydroxylation is 1. The second-order valence-electron chi connectivity index (χ2n) is 6.48. The third kappa shape index (κ3) is 4.33. The molecule has 6 nitrogen and oxygen atoms in total. The fourth-order valence-electron chi connectivity index (χ4n) is 3.26. The summed E-state index contributed by atoms with van der Waals surface area (Å²) in [6.45, 7) is 4.41. The average molecular weight is 376 g/mol. The summed E-state index contributed by atoms with van der Waals surface area (Å²) in [6, 6.07) is 4.10. The first-order valence-corrected chi connectivity index (χ1v) is 9.91. The Bertz CT molecular complexity index is 754. The number of hydrogen-bond acceptors (Lipinski definition) is 6. The standard InChI is InChI=1S/C19H24N2O4S/c1-3-14-7-4-5-9-21(14)17(22)12-24-18(23)11-15-13(2)25-19(20-15)16-8-6-10-26-16/h6,8,10,14H,3-5,7,9,11-12H2,1-2H3. The summed E-state index contributed by atoms with van der Waals surface area (Å²) in [6.07, 6.45) is 4.13. The molecule has 1 atom stereocenters. The quantitative estimate of drug-likeness (QED) is 0.721. The van der Waals surface area contributed by atoms with Crippen molar-refractivity contribution >= 4 is 23.2 Å². The van der Waals surface area contributed by atoms with Crippen molar-refractivity contribution in [3.63, 3.8) is 0 Å². The van der Waals surface area contributed by atoms with Gasteiger partial charge in [-0.15, -0.1) is 11.3 Å². The van der Waals surface area contributed by atoms with Gasteiger partial charge in [-0.2, -0.15) is 0 Å². The van der Waals surface area contributed by atoms with Crippen LogP contribution in [0.25, 0.3) is 10.8 Å². The van der Waals surface area contributed by atoms with E-state index in [0.717, 1.165) is 37.1 Å². The van der Waals surface area contributed by atoms with Gasteiger partial charge in [-0.25, -0.2) is 4.98 Å². The normalized spacial score (nSPS) is 17.3. The monoisotopic (exact) mass is 376 g/mol. The minimum absolute atomic E-state index is 0.00515. The minimum atomic E-state index is -0.461. The maximum Gasteiger partial charge on any atom is 0.312 e. The van der Waals surface area contributed by atoms with Gasteiger partial charge in [-0.1, -0.05) is 13.0 Å². The van der Waals surface area contributed by atoms with Crippen LogP contribution in [0.1, 0.15) is 44.1 Å². The number of esters is 1. The maximum atomic E-state index is 12.4. The Hall–Kier alpha value is -2.15. The molecule has 0 bridgehead atoms. The smallest absolute Gasteiger partial charge is 0.312 e. The summed E-state index contributed by atoms with van der Waals surface area (Å²) >= 11 is 1.53. The summed E-state index contributed by atoms with van der Waals surface area (Å²) in [4.78, 5) is 31.6. The van der Waals surface area contributed by atoms with E-state index in [-0.39, 0.29) is 25.0 Å². The molecule has 1 fully saturated rings. The Kier molecular flexibility index (Phi) is 6.08. The predicted octanol–water partition coefficient (Wildman–Crippen LogP) is 3.59. The second-order valence-corrected chi connectivity index (χ2v) is 7.43. The molecule has 1 amide bonds. The molecule has 0 aromatic carbocycles. The first kappa shape index (κ1) is 18.6. The molecule has 1 saturated heterocycles. The van der Waals surface area contributed by atoms with E-state index in [1.54, 1.807) is 6.92 Å². The Morgan fingerprint density at radius 1 is 1.42 bits per heavy atom. The van der Waals surface area contributed by atoms with Gasteiger partial charge < -0.3 is 14.1 Å². The van der Waals surface area contributed by atoms with Crippen LogP contribution < -0.4 is 0 Å². The van der Waals surface area contributed by atoms with Crippen molar-refractivity contribution in [1.29, 1.82) is 0 Å². The molecule has 1 aliphatic rings. The van der Waals surface area contributed by atoms with Crippen LogP contribution in [0.15, 0.2) is 21.9 Å². The van der Waals surface area contributed by atoms with Crippen LogP contribution in [0.3, 0.4) is 0 Å².